The van der Waals surface area contributed by atoms with Gasteiger partial charge < -0.3 is 15.7 Å². The Morgan fingerprint density at radius 2 is 2.05 bits per heavy atom. The lowest BCUT2D eigenvalue weighted by Crippen LogP contribution is -2.42. The van der Waals surface area contributed by atoms with E-state index in [0.717, 1.165) is 11.8 Å². The molecule has 21 heavy (non-hydrogen) atoms. The summed E-state index contributed by atoms with van der Waals surface area (Å²) in [6.45, 7) is 1.22. The first kappa shape index (κ1) is 17.8. The summed E-state index contributed by atoms with van der Waals surface area (Å²) in [7, 11) is -3.05. The molecule has 1 aliphatic heterocycles. The van der Waals surface area contributed by atoms with Gasteiger partial charge in [-0.25, -0.2) is 13.2 Å². The molecular formula is C11H18N2O6S2. The Labute approximate surface area is 127 Å². The Morgan fingerprint density at radius 1 is 1.38 bits per heavy atom. The Kier molecular flexibility index (Phi) is 6.46. The van der Waals surface area contributed by atoms with Gasteiger partial charge in [0.05, 0.1) is 17.3 Å². The number of carbonyl (C=O) groups excluding carboxylic acids is 2. The minimum absolute atomic E-state index is 0.0138. The molecular weight excluding hydrogens is 320 g/mol. The number of thioether (sulfide) groups is 1. The van der Waals surface area contributed by atoms with Gasteiger partial charge in [-0.05, 0) is 6.42 Å². The summed E-state index contributed by atoms with van der Waals surface area (Å²) in [4.78, 5) is 33.3. The van der Waals surface area contributed by atoms with Crippen LogP contribution in [-0.2, 0) is 24.2 Å². The highest BCUT2D eigenvalue weighted by molar-refractivity contribution is 8.00. The van der Waals surface area contributed by atoms with E-state index in [4.69, 9.17) is 5.11 Å². The highest BCUT2D eigenvalue weighted by Gasteiger charge is 2.28. The van der Waals surface area contributed by atoms with Crippen molar-refractivity contribution in [1.82, 2.24) is 10.6 Å². The van der Waals surface area contributed by atoms with Crippen molar-refractivity contribution in [2.24, 2.45) is 0 Å². The van der Waals surface area contributed by atoms with E-state index in [9.17, 15) is 22.8 Å². The third kappa shape index (κ3) is 6.80. The van der Waals surface area contributed by atoms with E-state index in [1.54, 1.807) is 0 Å². The maximum Gasteiger partial charge on any atom is 0.327 e. The van der Waals surface area contributed by atoms with Crippen molar-refractivity contribution in [2.75, 3.05) is 23.0 Å². The Bertz CT molecular complexity index is 519. The number of carboxylic acids is 1. The number of amides is 2. The predicted octanol–water partition coefficient (Wildman–Crippen LogP) is -1.39. The molecule has 1 heterocycles. The lowest BCUT2D eigenvalue weighted by atomic mass is 10.3. The molecule has 120 valence electrons. The summed E-state index contributed by atoms with van der Waals surface area (Å²) < 4.78 is 22.5. The van der Waals surface area contributed by atoms with Crippen LogP contribution in [0.1, 0.15) is 13.3 Å². The van der Waals surface area contributed by atoms with Gasteiger partial charge in [-0.2, -0.15) is 0 Å². The predicted molar refractivity (Wildman–Crippen MR) is 77.8 cm³/mol. The number of carbonyl (C=O) groups is 3. The van der Waals surface area contributed by atoms with Gasteiger partial charge in [0.2, 0.25) is 11.8 Å². The number of hydrogen-bond donors (Lipinski definition) is 3. The minimum atomic E-state index is -3.05. The summed E-state index contributed by atoms with van der Waals surface area (Å²) in [6, 6.07) is -1.42. The highest BCUT2D eigenvalue weighted by atomic mass is 32.2. The third-order valence-corrected chi connectivity index (χ3v) is 5.59. The molecule has 0 saturated carbocycles. The van der Waals surface area contributed by atoms with Crippen LogP contribution in [-0.4, -0.2) is 66.4 Å². The van der Waals surface area contributed by atoms with Crippen LogP contribution in [0.25, 0.3) is 0 Å². The zero-order valence-corrected chi connectivity index (χ0v) is 13.1. The monoisotopic (exact) mass is 338 g/mol. The minimum Gasteiger partial charge on any atom is -0.480 e. The topological polar surface area (TPSA) is 130 Å². The molecule has 0 aromatic carbocycles. The van der Waals surface area contributed by atoms with Crippen LogP contribution in [0.2, 0.25) is 0 Å². The van der Waals surface area contributed by atoms with Crippen LogP contribution in [0.4, 0.5) is 0 Å². The molecule has 1 saturated heterocycles. The average Bonchev–Trinajstić information content (AvgIpc) is 2.66. The van der Waals surface area contributed by atoms with Crippen molar-refractivity contribution >= 4 is 39.4 Å². The smallest absolute Gasteiger partial charge is 0.327 e. The summed E-state index contributed by atoms with van der Waals surface area (Å²) in [5, 5.41) is 13.8. The fraction of sp³-hybridized carbons (Fsp3) is 0.727. The van der Waals surface area contributed by atoms with Crippen molar-refractivity contribution in [3.8, 4) is 0 Å². The second-order valence-electron chi connectivity index (χ2n) is 4.77. The number of carboxylic acid groups (broad SMARTS) is 1. The number of hydrogen-bond acceptors (Lipinski definition) is 6. The summed E-state index contributed by atoms with van der Waals surface area (Å²) in [6.07, 6.45) is 0.405. The van der Waals surface area contributed by atoms with Gasteiger partial charge in [0, 0.05) is 18.7 Å². The number of aliphatic carboxylic acids is 1. The van der Waals surface area contributed by atoms with Gasteiger partial charge in [0.15, 0.2) is 9.84 Å². The molecule has 10 heteroatoms. The van der Waals surface area contributed by atoms with Crippen molar-refractivity contribution in [3.05, 3.63) is 0 Å². The summed E-state index contributed by atoms with van der Waals surface area (Å²) in [5.41, 5.74) is 0. The second-order valence-corrected chi connectivity index (χ2v) is 8.03. The Balaban J connectivity index is 2.29. The molecule has 0 aliphatic carbocycles. The summed E-state index contributed by atoms with van der Waals surface area (Å²) in [5.74, 6) is -1.86. The van der Waals surface area contributed by atoms with Crippen molar-refractivity contribution in [3.63, 3.8) is 0 Å². The van der Waals surface area contributed by atoms with E-state index in [1.165, 1.54) is 6.92 Å². The first-order chi connectivity index (χ1) is 9.69. The van der Waals surface area contributed by atoms with Crippen molar-refractivity contribution in [1.29, 1.82) is 0 Å². The molecule has 2 atom stereocenters. The average molecular weight is 338 g/mol. The van der Waals surface area contributed by atoms with Gasteiger partial charge in [-0.15, -0.1) is 11.8 Å². The van der Waals surface area contributed by atoms with Crippen molar-refractivity contribution < 1.29 is 27.9 Å². The van der Waals surface area contributed by atoms with Crippen LogP contribution in [0.5, 0.6) is 0 Å². The van der Waals surface area contributed by atoms with Gasteiger partial charge in [-0.3, -0.25) is 9.59 Å². The van der Waals surface area contributed by atoms with Gasteiger partial charge >= 0.3 is 5.97 Å². The molecule has 0 aromatic rings. The second kappa shape index (κ2) is 7.64. The van der Waals surface area contributed by atoms with E-state index in [2.05, 4.69) is 10.6 Å². The zero-order chi connectivity index (χ0) is 16.0. The first-order valence-corrected chi connectivity index (χ1v) is 9.24. The lowest BCUT2D eigenvalue weighted by Gasteiger charge is -2.13. The van der Waals surface area contributed by atoms with Crippen LogP contribution < -0.4 is 10.6 Å². The van der Waals surface area contributed by atoms with Gasteiger partial charge in [0.25, 0.3) is 0 Å². The normalized spacial score (nSPS) is 21.5. The largest absolute Gasteiger partial charge is 0.480 e. The number of sulfone groups is 1. The molecule has 8 nitrogen and oxygen atoms in total. The molecule has 1 aliphatic rings. The fourth-order valence-corrected chi connectivity index (χ4v) is 4.39. The molecule has 2 amide bonds. The molecule has 0 aromatic heterocycles. The maximum atomic E-state index is 11.6. The maximum absolute atomic E-state index is 11.6. The third-order valence-electron chi connectivity index (χ3n) is 2.79. The van der Waals surface area contributed by atoms with E-state index in [-0.39, 0.29) is 35.0 Å². The molecule has 0 bridgehead atoms. The van der Waals surface area contributed by atoms with Crippen LogP contribution in [0.15, 0.2) is 0 Å². The fourth-order valence-electron chi connectivity index (χ4n) is 1.87. The zero-order valence-electron chi connectivity index (χ0n) is 11.5. The molecule has 0 spiro atoms. The number of nitrogens with one attached hydrogen (secondary N) is 2. The Hall–Kier alpha value is -1.29. The number of rotatable bonds is 7. The molecule has 1 fully saturated rings. The Morgan fingerprint density at radius 3 is 2.52 bits per heavy atom. The first-order valence-electron chi connectivity index (χ1n) is 6.27. The van der Waals surface area contributed by atoms with E-state index < -0.39 is 27.8 Å². The van der Waals surface area contributed by atoms with Gasteiger partial charge in [0.1, 0.15) is 6.04 Å². The van der Waals surface area contributed by atoms with Crippen LogP contribution in [0.3, 0.4) is 0 Å². The van der Waals surface area contributed by atoms with E-state index in [1.807, 2.05) is 0 Å². The molecule has 0 radical (unpaired) electrons. The van der Waals surface area contributed by atoms with E-state index in [0.29, 0.717) is 6.42 Å². The van der Waals surface area contributed by atoms with Crippen LogP contribution in [0, 0.1) is 0 Å². The highest BCUT2D eigenvalue weighted by Crippen LogP contribution is 2.11. The van der Waals surface area contributed by atoms with Crippen LogP contribution >= 0.6 is 11.8 Å². The van der Waals surface area contributed by atoms with Gasteiger partial charge in [-0.1, -0.05) is 0 Å². The molecule has 1 rings (SSSR count). The van der Waals surface area contributed by atoms with E-state index >= 15 is 0 Å². The summed E-state index contributed by atoms with van der Waals surface area (Å²) >= 11 is 1.07. The molecule has 1 unspecified atom stereocenters. The standard InChI is InChI=1S/C11H18N2O6S2/c1-7(14)12-9(11(16)17)4-20-5-10(15)13-8-2-3-21(18,19)6-8/h8-9H,2-6H2,1H3,(H,12,14)(H,13,15)(H,16,17)/t8?,9-/m0/s1. The molecule has 3 N–H and O–H groups in total. The lowest BCUT2D eigenvalue weighted by molar-refractivity contribution is -0.140. The quantitative estimate of drug-likeness (QED) is 0.521. The van der Waals surface area contributed by atoms with Crippen molar-refractivity contribution in [2.45, 2.75) is 25.4 Å². The SMILES string of the molecule is CC(=O)N[C@@H](CSCC(=O)NC1CCS(=O)(=O)C1)C(=O)O.